The number of nitrogens with one attached hydrogen (secondary N) is 1. The van der Waals surface area contributed by atoms with Gasteiger partial charge in [-0.3, -0.25) is 4.90 Å². The van der Waals surface area contributed by atoms with Gasteiger partial charge in [0.1, 0.15) is 17.1 Å². The molecule has 2 aromatic heterocycles. The molecule has 1 saturated carbocycles. The summed E-state index contributed by atoms with van der Waals surface area (Å²) in [5, 5.41) is 1.10. The largest absolute Gasteiger partial charge is 0.457 e. The zero-order chi connectivity index (χ0) is 28.0. The molecule has 1 fully saturated rings. The first-order valence-corrected chi connectivity index (χ1v) is 14.5. The van der Waals surface area contributed by atoms with Crippen molar-refractivity contribution in [2.45, 2.75) is 77.5 Å². The van der Waals surface area contributed by atoms with Gasteiger partial charge in [0, 0.05) is 72.9 Å². The minimum atomic E-state index is -0.459. The first-order valence-electron chi connectivity index (χ1n) is 14.5. The molecular formula is C33H39FN4O2. The number of aromatic nitrogens is 2. The van der Waals surface area contributed by atoms with Crippen molar-refractivity contribution >= 4 is 28.3 Å². The lowest BCUT2D eigenvalue weighted by atomic mass is 9.89. The molecule has 0 atom stereocenters. The SMILES string of the molecule is CN1Cc2c(C3=CCCN(C4CCC(=CC(=O)OC(C)(C)C)CC4)CC3)[nH]c3nccc(c23)-c2cc(F)ccc21. The lowest BCUT2D eigenvalue weighted by Crippen LogP contribution is -2.38. The minimum Gasteiger partial charge on any atom is -0.457 e. The van der Waals surface area contributed by atoms with Crippen molar-refractivity contribution in [2.75, 3.05) is 25.0 Å². The first-order chi connectivity index (χ1) is 19.2. The number of hydrogen-bond donors (Lipinski definition) is 1. The number of nitrogens with zero attached hydrogens (tertiary/aromatic N) is 3. The van der Waals surface area contributed by atoms with Crippen molar-refractivity contribution in [1.82, 2.24) is 14.9 Å². The highest BCUT2D eigenvalue weighted by atomic mass is 19.1. The quantitative estimate of drug-likeness (QED) is 0.285. The summed E-state index contributed by atoms with van der Waals surface area (Å²) in [6.45, 7) is 8.51. The summed E-state index contributed by atoms with van der Waals surface area (Å²) in [6, 6.07) is 7.62. The number of benzene rings is 1. The Morgan fingerprint density at radius 3 is 2.70 bits per heavy atom. The predicted molar refractivity (Wildman–Crippen MR) is 159 cm³/mol. The predicted octanol–water partition coefficient (Wildman–Crippen LogP) is 7.01. The van der Waals surface area contributed by atoms with E-state index in [0.717, 1.165) is 86.0 Å². The fraction of sp³-hybridized carbons (Fsp3) is 0.455. The number of carbonyl (C=O) groups is 1. The monoisotopic (exact) mass is 542 g/mol. The smallest absolute Gasteiger partial charge is 0.331 e. The van der Waals surface area contributed by atoms with Crippen molar-refractivity contribution in [1.29, 1.82) is 0 Å². The van der Waals surface area contributed by atoms with Gasteiger partial charge in [-0.05, 0) is 94.7 Å². The zero-order valence-corrected chi connectivity index (χ0v) is 24.0. The Kier molecular flexibility index (Phi) is 7.03. The van der Waals surface area contributed by atoms with E-state index in [1.165, 1.54) is 22.4 Å². The molecule has 0 spiro atoms. The Labute approximate surface area is 235 Å². The molecule has 0 unspecified atom stereocenters. The van der Waals surface area contributed by atoms with Crippen LogP contribution in [0, 0.1) is 5.82 Å². The molecule has 6 rings (SSSR count). The van der Waals surface area contributed by atoms with Crippen LogP contribution < -0.4 is 4.90 Å². The van der Waals surface area contributed by atoms with Gasteiger partial charge in [0.15, 0.2) is 0 Å². The number of ether oxygens (including phenoxy) is 1. The minimum absolute atomic E-state index is 0.223. The maximum Gasteiger partial charge on any atom is 0.331 e. The second-order valence-corrected chi connectivity index (χ2v) is 12.4. The second-order valence-electron chi connectivity index (χ2n) is 12.4. The third kappa shape index (κ3) is 5.31. The van der Waals surface area contributed by atoms with Crippen molar-refractivity contribution in [3.63, 3.8) is 0 Å². The first kappa shape index (κ1) is 26.8. The standard InChI is InChI=1S/C33H39FN4O2/c1-33(2,3)40-29(39)18-21-7-10-24(11-8-21)38-16-5-6-22(14-17-38)31-27-20-37(4)28-12-9-23(34)19-26(28)25-13-15-35-32(36-31)30(25)27/h6,9,12-13,15,18-19,24H,5,7-8,10-11,14,16-17,20H2,1-4H3,(H,35,36). The fourth-order valence-electron chi connectivity index (χ4n) is 6.67. The summed E-state index contributed by atoms with van der Waals surface area (Å²) in [6.07, 6.45) is 12.0. The van der Waals surface area contributed by atoms with Gasteiger partial charge in [0.2, 0.25) is 0 Å². The number of carbonyl (C=O) groups excluding carboxylic acids is 1. The Hall–Kier alpha value is -3.45. The molecule has 2 aliphatic heterocycles. The number of esters is 1. The third-order valence-electron chi connectivity index (χ3n) is 8.49. The van der Waals surface area contributed by atoms with E-state index in [1.807, 2.05) is 39.1 Å². The molecule has 0 bridgehead atoms. The van der Waals surface area contributed by atoms with Crippen LogP contribution in [0.1, 0.15) is 70.6 Å². The molecule has 210 valence electrons. The van der Waals surface area contributed by atoms with E-state index < -0.39 is 5.60 Å². The molecule has 1 aliphatic carbocycles. The molecule has 3 aliphatic rings. The van der Waals surface area contributed by atoms with E-state index >= 15 is 0 Å². The van der Waals surface area contributed by atoms with Crippen LogP contribution in [0.5, 0.6) is 0 Å². The van der Waals surface area contributed by atoms with Crippen LogP contribution in [0.25, 0.3) is 27.7 Å². The molecule has 7 heteroatoms. The number of allylic oxidation sites excluding steroid dienone is 1. The van der Waals surface area contributed by atoms with Crippen LogP contribution in [0.3, 0.4) is 0 Å². The van der Waals surface area contributed by atoms with Crippen LogP contribution in [0.4, 0.5) is 10.1 Å². The van der Waals surface area contributed by atoms with Gasteiger partial charge >= 0.3 is 5.97 Å². The molecule has 0 amide bonds. The van der Waals surface area contributed by atoms with Gasteiger partial charge in [-0.25, -0.2) is 14.2 Å². The molecular weight excluding hydrogens is 503 g/mol. The maximum absolute atomic E-state index is 14.3. The number of pyridine rings is 1. The van der Waals surface area contributed by atoms with E-state index in [1.54, 1.807) is 18.2 Å². The maximum atomic E-state index is 14.3. The zero-order valence-electron chi connectivity index (χ0n) is 24.0. The van der Waals surface area contributed by atoms with Gasteiger partial charge in [0.25, 0.3) is 0 Å². The Balaban J connectivity index is 1.18. The van der Waals surface area contributed by atoms with Crippen molar-refractivity contribution in [2.24, 2.45) is 0 Å². The summed E-state index contributed by atoms with van der Waals surface area (Å²) < 4.78 is 19.8. The van der Waals surface area contributed by atoms with E-state index in [4.69, 9.17) is 4.74 Å². The molecule has 1 N–H and O–H groups in total. The summed E-state index contributed by atoms with van der Waals surface area (Å²) in [5.41, 5.74) is 8.36. The Morgan fingerprint density at radius 1 is 1.12 bits per heavy atom. The van der Waals surface area contributed by atoms with Crippen molar-refractivity contribution in [3.05, 3.63) is 65.3 Å². The molecule has 6 nitrogen and oxygen atoms in total. The summed E-state index contributed by atoms with van der Waals surface area (Å²) in [7, 11) is 2.08. The van der Waals surface area contributed by atoms with E-state index in [0.29, 0.717) is 6.04 Å². The lowest BCUT2D eigenvalue weighted by Gasteiger charge is -2.34. The lowest BCUT2D eigenvalue weighted by molar-refractivity contribution is -0.148. The summed E-state index contributed by atoms with van der Waals surface area (Å²) in [4.78, 5) is 25.4. The highest BCUT2D eigenvalue weighted by Gasteiger charge is 2.28. The van der Waals surface area contributed by atoms with Gasteiger partial charge < -0.3 is 14.6 Å². The summed E-state index contributed by atoms with van der Waals surface area (Å²) >= 11 is 0. The fourth-order valence-corrected chi connectivity index (χ4v) is 6.67. The van der Waals surface area contributed by atoms with Gasteiger partial charge in [0.05, 0.1) is 0 Å². The molecule has 0 saturated heterocycles. The highest BCUT2D eigenvalue weighted by Crippen LogP contribution is 2.43. The summed E-state index contributed by atoms with van der Waals surface area (Å²) in [5.74, 6) is -0.447. The number of rotatable bonds is 3. The second kappa shape index (κ2) is 10.5. The van der Waals surface area contributed by atoms with E-state index in [9.17, 15) is 9.18 Å². The van der Waals surface area contributed by atoms with Crippen molar-refractivity contribution < 1.29 is 13.9 Å². The average molecular weight is 543 g/mol. The number of aromatic amines is 1. The topological polar surface area (TPSA) is 61.5 Å². The number of anilines is 1. The van der Waals surface area contributed by atoms with Crippen LogP contribution in [-0.4, -0.2) is 52.6 Å². The number of H-pyrrole nitrogens is 1. The van der Waals surface area contributed by atoms with Gasteiger partial charge in [-0.15, -0.1) is 0 Å². The van der Waals surface area contributed by atoms with Gasteiger partial charge in [-0.1, -0.05) is 11.6 Å². The Bertz CT molecular complexity index is 1500. The van der Waals surface area contributed by atoms with E-state index in [-0.39, 0.29) is 11.8 Å². The van der Waals surface area contributed by atoms with Crippen LogP contribution in [-0.2, 0) is 16.1 Å². The molecule has 40 heavy (non-hydrogen) atoms. The number of hydrogen-bond acceptors (Lipinski definition) is 5. The third-order valence-corrected chi connectivity index (χ3v) is 8.49. The Morgan fingerprint density at radius 2 is 1.93 bits per heavy atom. The van der Waals surface area contributed by atoms with Crippen LogP contribution in [0.15, 0.2) is 48.2 Å². The molecule has 4 heterocycles. The normalized spacial score (nSPS) is 20.0. The van der Waals surface area contributed by atoms with Crippen LogP contribution in [0.2, 0.25) is 0 Å². The molecule has 1 aromatic carbocycles. The van der Waals surface area contributed by atoms with E-state index in [2.05, 4.69) is 32.9 Å². The van der Waals surface area contributed by atoms with Crippen LogP contribution >= 0.6 is 0 Å². The van der Waals surface area contributed by atoms with Gasteiger partial charge in [-0.2, -0.15) is 0 Å². The number of halogens is 1. The molecule has 3 aromatic rings. The molecule has 0 radical (unpaired) electrons. The van der Waals surface area contributed by atoms with Crippen molar-refractivity contribution in [3.8, 4) is 11.1 Å². The highest BCUT2D eigenvalue weighted by molar-refractivity contribution is 6.02. The number of fused-ring (bicyclic) bond motifs is 2. The average Bonchev–Trinajstić information content (AvgIpc) is 3.03.